The minimum atomic E-state index is -4.09. The Morgan fingerprint density at radius 3 is 3.00 bits per heavy atom. The lowest BCUT2D eigenvalue weighted by Gasteiger charge is -2.15. The maximum absolute atomic E-state index is 13.3. The van der Waals surface area contributed by atoms with Crippen molar-refractivity contribution < 1.29 is 22.5 Å². The fraction of sp³-hybridized carbons (Fsp3) is 0.304. The predicted molar refractivity (Wildman–Crippen MR) is 134 cm³/mol. The molecule has 0 spiro atoms. The standard InChI is InChI=1S/C23H24N6O5S2/c24-36(32,33)34-11-16-7-17(8-19(16)30)28-22-18(9-25-13-27-22)21(31)20-6-14(12-35-20)10-29-5-3-15-2-1-4-26-23(15)29/h1-6,9,12-13,16-17,19,30H,7-8,10-11H2,(H2,24,32,33)(H,25,27,28)/t16-,17-,19+/m1/s1. The molecular weight excluding hydrogens is 504 g/mol. The van der Waals surface area contributed by atoms with Gasteiger partial charge >= 0.3 is 10.3 Å². The first-order valence-corrected chi connectivity index (χ1v) is 13.6. The zero-order valence-electron chi connectivity index (χ0n) is 19.0. The summed E-state index contributed by atoms with van der Waals surface area (Å²) in [6.07, 6.45) is 6.54. The summed E-state index contributed by atoms with van der Waals surface area (Å²) in [5, 5.41) is 21.4. The number of pyridine rings is 1. The molecule has 0 amide bonds. The second-order valence-corrected chi connectivity index (χ2v) is 10.8. The lowest BCUT2D eigenvalue weighted by Crippen LogP contribution is -2.24. The van der Waals surface area contributed by atoms with Crippen LogP contribution in [0.25, 0.3) is 11.0 Å². The predicted octanol–water partition coefficient (Wildman–Crippen LogP) is 1.94. The van der Waals surface area contributed by atoms with E-state index in [0.717, 1.165) is 16.6 Å². The van der Waals surface area contributed by atoms with Crippen LogP contribution in [-0.4, -0.2) is 57.6 Å². The van der Waals surface area contributed by atoms with Crippen molar-refractivity contribution in [3.63, 3.8) is 0 Å². The van der Waals surface area contributed by atoms with Crippen molar-refractivity contribution in [2.24, 2.45) is 11.1 Å². The number of aliphatic hydroxyl groups excluding tert-OH is 1. The topological polar surface area (TPSA) is 162 Å². The largest absolute Gasteiger partial charge is 0.393 e. The molecule has 4 heterocycles. The molecule has 5 rings (SSSR count). The van der Waals surface area contributed by atoms with E-state index >= 15 is 0 Å². The van der Waals surface area contributed by atoms with E-state index in [0.29, 0.717) is 35.6 Å². The molecule has 36 heavy (non-hydrogen) atoms. The molecule has 3 atom stereocenters. The first kappa shape index (κ1) is 24.5. The van der Waals surface area contributed by atoms with E-state index in [2.05, 4.69) is 24.5 Å². The number of hydrogen-bond donors (Lipinski definition) is 3. The molecule has 4 aromatic rings. The van der Waals surface area contributed by atoms with E-state index in [4.69, 9.17) is 5.14 Å². The van der Waals surface area contributed by atoms with E-state index in [-0.39, 0.29) is 18.4 Å². The molecule has 0 aliphatic heterocycles. The molecular formula is C23H24N6O5S2. The Labute approximate surface area is 211 Å². The van der Waals surface area contributed by atoms with Crippen LogP contribution in [0, 0.1) is 5.92 Å². The molecule has 1 aliphatic rings. The number of aliphatic hydroxyl groups is 1. The lowest BCUT2D eigenvalue weighted by atomic mass is 10.1. The molecule has 1 fully saturated rings. The molecule has 4 N–H and O–H groups in total. The van der Waals surface area contributed by atoms with Crippen molar-refractivity contribution in [1.82, 2.24) is 19.5 Å². The number of anilines is 1. The fourth-order valence-corrected chi connectivity index (χ4v) is 5.66. The maximum Gasteiger partial charge on any atom is 0.333 e. The Balaban J connectivity index is 1.28. The summed E-state index contributed by atoms with van der Waals surface area (Å²) in [7, 11) is -4.09. The van der Waals surface area contributed by atoms with E-state index in [1.807, 2.05) is 40.4 Å². The number of hydrogen-bond acceptors (Lipinski definition) is 10. The van der Waals surface area contributed by atoms with Gasteiger partial charge in [0.05, 0.1) is 23.2 Å². The Morgan fingerprint density at radius 2 is 2.17 bits per heavy atom. The number of fused-ring (bicyclic) bond motifs is 1. The molecule has 0 saturated heterocycles. The van der Waals surface area contributed by atoms with Gasteiger partial charge in [-0.05, 0) is 48.1 Å². The van der Waals surface area contributed by atoms with Gasteiger partial charge in [-0.2, -0.15) is 8.42 Å². The van der Waals surface area contributed by atoms with Gasteiger partial charge in [-0.25, -0.2) is 20.1 Å². The molecule has 13 heteroatoms. The normalized spacial score (nSPS) is 20.1. The van der Waals surface area contributed by atoms with Crippen LogP contribution in [0.2, 0.25) is 0 Å². The second kappa shape index (κ2) is 10.0. The minimum Gasteiger partial charge on any atom is -0.393 e. The lowest BCUT2D eigenvalue weighted by molar-refractivity contribution is 0.101. The number of nitrogens with two attached hydrogens (primary N) is 1. The van der Waals surface area contributed by atoms with Gasteiger partial charge in [0.2, 0.25) is 5.78 Å². The average molecular weight is 529 g/mol. The third-order valence-corrected chi connectivity index (χ3v) is 7.60. The Bertz CT molecular complexity index is 1500. The summed E-state index contributed by atoms with van der Waals surface area (Å²) in [5.41, 5.74) is 2.18. The summed E-state index contributed by atoms with van der Waals surface area (Å²) in [6.45, 7) is 0.376. The fourth-order valence-electron chi connectivity index (χ4n) is 4.44. The summed E-state index contributed by atoms with van der Waals surface area (Å²) in [4.78, 5) is 26.6. The van der Waals surface area contributed by atoms with E-state index in [9.17, 15) is 18.3 Å². The quantitative estimate of drug-likeness (QED) is 0.276. The van der Waals surface area contributed by atoms with E-state index < -0.39 is 22.3 Å². The summed E-state index contributed by atoms with van der Waals surface area (Å²) in [5.74, 6) is -0.269. The van der Waals surface area contributed by atoms with Crippen LogP contribution in [0.1, 0.15) is 33.6 Å². The highest BCUT2D eigenvalue weighted by Gasteiger charge is 2.34. The number of thiophene rings is 1. The number of carbonyl (C=O) groups is 1. The summed E-state index contributed by atoms with van der Waals surface area (Å²) < 4.78 is 28.8. The van der Waals surface area contributed by atoms with Gasteiger partial charge in [-0.1, -0.05) is 0 Å². The molecule has 0 bridgehead atoms. The number of nitrogens with zero attached hydrogens (tertiary/aromatic N) is 4. The first-order chi connectivity index (χ1) is 17.3. The highest BCUT2D eigenvalue weighted by atomic mass is 32.2. The number of aromatic nitrogens is 4. The van der Waals surface area contributed by atoms with Gasteiger partial charge in [0.1, 0.15) is 17.8 Å². The maximum atomic E-state index is 13.3. The van der Waals surface area contributed by atoms with Gasteiger partial charge in [0, 0.05) is 42.5 Å². The third kappa shape index (κ3) is 5.44. The molecule has 0 unspecified atom stereocenters. The molecule has 188 valence electrons. The number of nitrogens with one attached hydrogen (secondary N) is 1. The van der Waals surface area contributed by atoms with Crippen LogP contribution in [0.3, 0.4) is 0 Å². The van der Waals surface area contributed by atoms with Crippen LogP contribution in [0.15, 0.2) is 54.6 Å². The monoisotopic (exact) mass is 528 g/mol. The van der Waals surface area contributed by atoms with Gasteiger partial charge in [-0.15, -0.1) is 11.3 Å². The van der Waals surface area contributed by atoms with Gasteiger partial charge in [0.15, 0.2) is 0 Å². The zero-order chi connectivity index (χ0) is 25.3. The highest BCUT2D eigenvalue weighted by Crippen LogP contribution is 2.30. The van der Waals surface area contributed by atoms with Crippen molar-refractivity contribution in [2.75, 3.05) is 11.9 Å². The zero-order valence-corrected chi connectivity index (χ0v) is 20.7. The van der Waals surface area contributed by atoms with Crippen LogP contribution >= 0.6 is 11.3 Å². The third-order valence-electron chi connectivity index (χ3n) is 6.15. The van der Waals surface area contributed by atoms with Crippen LogP contribution in [0.4, 0.5) is 5.82 Å². The van der Waals surface area contributed by atoms with Crippen LogP contribution in [-0.2, 0) is 21.0 Å². The minimum absolute atomic E-state index is 0.210. The Hall–Kier alpha value is -3.23. The SMILES string of the molecule is NS(=O)(=O)OC[C@H]1C[C@@H](Nc2ncncc2C(=O)c2cc(Cn3ccc4cccnc43)cs2)C[C@@H]1O. The molecule has 11 nitrogen and oxygen atoms in total. The number of ketones is 1. The average Bonchev–Trinajstić information content (AvgIpc) is 3.57. The van der Waals surface area contributed by atoms with E-state index in [1.165, 1.54) is 23.9 Å². The van der Waals surface area contributed by atoms with Crippen molar-refractivity contribution in [3.8, 4) is 0 Å². The molecule has 0 radical (unpaired) electrons. The molecule has 1 aliphatic carbocycles. The Kier molecular flexibility index (Phi) is 6.81. The van der Waals surface area contributed by atoms with Crippen molar-refractivity contribution >= 4 is 44.3 Å². The van der Waals surface area contributed by atoms with Gasteiger partial charge < -0.3 is 15.0 Å². The van der Waals surface area contributed by atoms with E-state index in [1.54, 1.807) is 6.20 Å². The second-order valence-electron chi connectivity index (χ2n) is 8.71. The van der Waals surface area contributed by atoms with Gasteiger partial charge in [0.25, 0.3) is 0 Å². The van der Waals surface area contributed by atoms with Crippen LogP contribution < -0.4 is 10.5 Å². The first-order valence-electron chi connectivity index (χ1n) is 11.2. The summed E-state index contributed by atoms with van der Waals surface area (Å²) >= 11 is 1.35. The smallest absolute Gasteiger partial charge is 0.333 e. The van der Waals surface area contributed by atoms with Crippen molar-refractivity contribution in [1.29, 1.82) is 0 Å². The van der Waals surface area contributed by atoms with Crippen molar-refractivity contribution in [3.05, 3.63) is 70.6 Å². The Morgan fingerprint density at radius 1 is 1.31 bits per heavy atom. The van der Waals surface area contributed by atoms with Gasteiger partial charge in [-0.3, -0.25) is 8.98 Å². The highest BCUT2D eigenvalue weighted by molar-refractivity contribution is 7.84. The molecule has 1 saturated carbocycles. The number of carbonyl (C=O) groups excluding carboxylic acids is 1. The van der Waals surface area contributed by atoms with Crippen LogP contribution in [0.5, 0.6) is 0 Å². The summed E-state index contributed by atoms with van der Waals surface area (Å²) in [6, 6.07) is 7.53. The molecule has 4 aromatic heterocycles. The number of rotatable bonds is 9. The molecule has 0 aromatic carbocycles. The van der Waals surface area contributed by atoms with Crippen molar-refractivity contribution in [2.45, 2.75) is 31.5 Å².